The van der Waals surface area contributed by atoms with Crippen LogP contribution < -0.4 is 10.6 Å². The number of hydrogen-bond donors (Lipinski definition) is 3. The van der Waals surface area contributed by atoms with Gasteiger partial charge in [-0.3, -0.25) is 4.79 Å². The van der Waals surface area contributed by atoms with Crippen molar-refractivity contribution < 1.29 is 15.0 Å². The first-order valence-electron chi connectivity index (χ1n) is 9.86. The summed E-state index contributed by atoms with van der Waals surface area (Å²) in [5.41, 5.74) is 7.87. The van der Waals surface area contributed by atoms with Crippen molar-refractivity contribution in [3.05, 3.63) is 67.0 Å². The average Bonchev–Trinajstić information content (AvgIpc) is 3.21. The van der Waals surface area contributed by atoms with Gasteiger partial charge < -0.3 is 20.8 Å². The molecule has 4 N–H and O–H groups in total. The summed E-state index contributed by atoms with van der Waals surface area (Å²) in [6, 6.07) is 15.0. The van der Waals surface area contributed by atoms with Crippen LogP contribution in [0.15, 0.2) is 67.0 Å². The molecule has 0 radical (unpaired) electrons. The van der Waals surface area contributed by atoms with Crippen molar-refractivity contribution in [3.8, 4) is 28.8 Å². The number of para-hydroxylation sites is 1. The molecule has 0 atom stereocenters. The third-order valence-electron chi connectivity index (χ3n) is 5.05. The van der Waals surface area contributed by atoms with E-state index in [9.17, 15) is 15.0 Å². The monoisotopic (exact) mass is 441 g/mol. The standard InChI is InChI=1S/C23H19N7O3/c1-14(12-24)23(33)29(16-5-3-2-4-6-16)9-10-30-22-19(21(25)26-13-27-22)20(28-30)15-7-8-17(31)18(32)11-15/h2-8,11,13,31-32H,1,9-10H2,(H2,25,26,27). The Labute approximate surface area is 188 Å². The molecule has 33 heavy (non-hydrogen) atoms. The Bertz CT molecular complexity index is 1410. The maximum Gasteiger partial charge on any atom is 0.268 e. The van der Waals surface area contributed by atoms with Crippen molar-refractivity contribution in [3.63, 3.8) is 0 Å². The molecule has 10 heteroatoms. The maximum atomic E-state index is 12.8. The fourth-order valence-electron chi connectivity index (χ4n) is 3.42. The van der Waals surface area contributed by atoms with Crippen LogP contribution in [0.1, 0.15) is 0 Å². The normalized spacial score (nSPS) is 10.6. The molecular formula is C23H19N7O3. The van der Waals surface area contributed by atoms with Gasteiger partial charge in [-0.05, 0) is 30.3 Å². The number of nitrogen functional groups attached to an aromatic ring is 1. The molecule has 1 amide bonds. The number of anilines is 2. The smallest absolute Gasteiger partial charge is 0.268 e. The van der Waals surface area contributed by atoms with Gasteiger partial charge in [0.15, 0.2) is 17.1 Å². The van der Waals surface area contributed by atoms with Gasteiger partial charge >= 0.3 is 0 Å². The Morgan fingerprint density at radius 3 is 2.61 bits per heavy atom. The first kappa shape index (κ1) is 21.3. The van der Waals surface area contributed by atoms with Crippen LogP contribution in [0.2, 0.25) is 0 Å². The van der Waals surface area contributed by atoms with Gasteiger partial charge in [0.25, 0.3) is 5.91 Å². The van der Waals surface area contributed by atoms with Gasteiger partial charge in [-0.2, -0.15) is 10.4 Å². The first-order valence-corrected chi connectivity index (χ1v) is 9.86. The quantitative estimate of drug-likeness (QED) is 0.234. The fraction of sp³-hybridized carbons (Fsp3) is 0.0870. The molecule has 0 saturated carbocycles. The molecule has 0 fully saturated rings. The predicted molar refractivity (Wildman–Crippen MR) is 122 cm³/mol. The van der Waals surface area contributed by atoms with Gasteiger partial charge in [-0.1, -0.05) is 24.8 Å². The number of carbonyl (C=O) groups excluding carboxylic acids is 1. The van der Waals surface area contributed by atoms with Crippen LogP contribution >= 0.6 is 0 Å². The average molecular weight is 441 g/mol. The molecule has 2 aromatic heterocycles. The van der Waals surface area contributed by atoms with Gasteiger partial charge in [0.2, 0.25) is 0 Å². The van der Waals surface area contributed by atoms with Gasteiger partial charge in [0, 0.05) is 17.8 Å². The number of nitrogens with zero attached hydrogens (tertiary/aromatic N) is 6. The molecule has 0 saturated heterocycles. The van der Waals surface area contributed by atoms with Crippen LogP contribution in [-0.2, 0) is 11.3 Å². The summed E-state index contributed by atoms with van der Waals surface area (Å²) in [5, 5.41) is 33.8. The highest BCUT2D eigenvalue weighted by Gasteiger charge is 2.22. The van der Waals surface area contributed by atoms with E-state index in [1.807, 2.05) is 6.07 Å². The van der Waals surface area contributed by atoms with Gasteiger partial charge in [0.05, 0.1) is 11.9 Å². The third kappa shape index (κ3) is 4.03. The molecule has 0 unspecified atom stereocenters. The summed E-state index contributed by atoms with van der Waals surface area (Å²) in [6.45, 7) is 3.93. The van der Waals surface area contributed by atoms with Gasteiger partial charge in [-0.25, -0.2) is 14.6 Å². The second kappa shape index (κ2) is 8.68. The number of phenols is 2. The molecular weight excluding hydrogens is 422 g/mol. The minimum absolute atomic E-state index is 0.171. The molecule has 0 aliphatic rings. The van der Waals surface area contributed by atoms with Crippen LogP contribution in [-0.4, -0.2) is 42.4 Å². The minimum Gasteiger partial charge on any atom is -0.504 e. The number of phenolic OH excluding ortho intramolecular Hbond substituents is 2. The van der Waals surface area contributed by atoms with E-state index in [1.165, 1.54) is 23.4 Å². The number of nitrogens with two attached hydrogens (primary N) is 1. The van der Waals surface area contributed by atoms with Crippen LogP contribution in [0.3, 0.4) is 0 Å². The summed E-state index contributed by atoms with van der Waals surface area (Å²) in [6.07, 6.45) is 1.31. The molecule has 0 aliphatic carbocycles. The lowest BCUT2D eigenvalue weighted by Gasteiger charge is -2.22. The second-order valence-corrected chi connectivity index (χ2v) is 7.12. The van der Waals surface area contributed by atoms with Crippen molar-refractivity contribution in [2.24, 2.45) is 0 Å². The lowest BCUT2D eigenvalue weighted by molar-refractivity contribution is -0.114. The van der Waals surface area contributed by atoms with Crippen molar-refractivity contribution >= 4 is 28.4 Å². The number of hydrogen-bond acceptors (Lipinski definition) is 8. The van der Waals surface area contributed by atoms with Crippen molar-refractivity contribution in [2.45, 2.75) is 6.54 Å². The first-order chi connectivity index (χ1) is 15.9. The Hall–Kier alpha value is -4.91. The molecule has 0 spiro atoms. The van der Waals surface area contributed by atoms with Crippen LogP contribution in [0.4, 0.5) is 11.5 Å². The maximum absolute atomic E-state index is 12.8. The SMILES string of the molecule is C=C(C#N)C(=O)N(CCn1nc(-c2ccc(O)c(O)c2)c2c(N)ncnc21)c1ccccc1. The molecule has 2 heterocycles. The number of rotatable bonds is 6. The predicted octanol–water partition coefficient (Wildman–Crippen LogP) is 2.60. The fourth-order valence-corrected chi connectivity index (χ4v) is 3.42. The highest BCUT2D eigenvalue weighted by molar-refractivity contribution is 6.07. The highest BCUT2D eigenvalue weighted by atomic mass is 16.3. The van der Waals surface area contributed by atoms with E-state index in [1.54, 1.807) is 41.1 Å². The largest absolute Gasteiger partial charge is 0.504 e. The third-order valence-corrected chi connectivity index (χ3v) is 5.05. The van der Waals surface area contributed by atoms with E-state index in [-0.39, 0.29) is 36.0 Å². The Balaban J connectivity index is 1.75. The lowest BCUT2D eigenvalue weighted by atomic mass is 10.1. The summed E-state index contributed by atoms with van der Waals surface area (Å²) in [5.74, 6) is -0.886. The zero-order valence-corrected chi connectivity index (χ0v) is 17.4. The van der Waals surface area contributed by atoms with E-state index in [2.05, 4.69) is 21.6 Å². The molecule has 164 valence electrons. The molecule has 0 aliphatic heterocycles. The molecule has 0 bridgehead atoms. The van der Waals surface area contributed by atoms with Gasteiger partial charge in [0.1, 0.15) is 29.5 Å². The highest BCUT2D eigenvalue weighted by Crippen LogP contribution is 2.34. The lowest BCUT2D eigenvalue weighted by Crippen LogP contribution is -2.34. The number of nitriles is 1. The van der Waals surface area contributed by atoms with Crippen molar-refractivity contribution in [1.82, 2.24) is 19.7 Å². The van der Waals surface area contributed by atoms with Crippen LogP contribution in [0.25, 0.3) is 22.3 Å². The second-order valence-electron chi connectivity index (χ2n) is 7.12. The number of benzene rings is 2. The van der Waals surface area contributed by atoms with E-state index < -0.39 is 5.91 Å². The van der Waals surface area contributed by atoms with E-state index in [0.717, 1.165) is 0 Å². The topological polar surface area (TPSA) is 154 Å². The Morgan fingerprint density at radius 1 is 1.15 bits per heavy atom. The van der Waals surface area contributed by atoms with E-state index in [4.69, 9.17) is 11.0 Å². The molecule has 4 aromatic rings. The van der Waals surface area contributed by atoms with Crippen LogP contribution in [0.5, 0.6) is 11.5 Å². The number of carbonyl (C=O) groups is 1. The summed E-state index contributed by atoms with van der Waals surface area (Å²) >= 11 is 0. The van der Waals surface area contributed by atoms with Crippen molar-refractivity contribution in [2.75, 3.05) is 17.2 Å². The van der Waals surface area contributed by atoms with E-state index >= 15 is 0 Å². The number of aromatic nitrogens is 4. The number of aromatic hydroxyl groups is 2. The van der Waals surface area contributed by atoms with Gasteiger partial charge in [-0.15, -0.1) is 0 Å². The van der Waals surface area contributed by atoms with Crippen molar-refractivity contribution in [1.29, 1.82) is 5.26 Å². The summed E-state index contributed by atoms with van der Waals surface area (Å²) in [7, 11) is 0. The molecule has 2 aromatic carbocycles. The Morgan fingerprint density at radius 2 is 1.91 bits per heavy atom. The Kier molecular flexibility index (Phi) is 5.61. The number of fused-ring (bicyclic) bond motifs is 1. The van der Waals surface area contributed by atoms with E-state index in [0.29, 0.717) is 28.0 Å². The zero-order chi connectivity index (χ0) is 23.5. The summed E-state index contributed by atoms with van der Waals surface area (Å²) < 4.78 is 1.57. The molecule has 4 rings (SSSR count). The number of amides is 1. The summed E-state index contributed by atoms with van der Waals surface area (Å²) in [4.78, 5) is 22.6. The minimum atomic E-state index is -0.516. The molecule has 10 nitrogen and oxygen atoms in total. The van der Waals surface area contributed by atoms with Crippen LogP contribution in [0, 0.1) is 11.3 Å². The zero-order valence-electron chi connectivity index (χ0n) is 17.4.